The van der Waals surface area contributed by atoms with Crippen LogP contribution in [0, 0.1) is 5.92 Å². The van der Waals surface area contributed by atoms with Crippen molar-refractivity contribution in [2.45, 2.75) is 91.3 Å². The van der Waals surface area contributed by atoms with Crippen molar-refractivity contribution in [2.75, 3.05) is 6.61 Å². The predicted octanol–water partition coefficient (Wildman–Crippen LogP) is 4.14. The summed E-state index contributed by atoms with van der Waals surface area (Å²) < 4.78 is 16.1. The summed E-state index contributed by atoms with van der Waals surface area (Å²) in [5, 5.41) is 18.0. The number of aliphatic carboxylic acids is 2. The minimum Gasteiger partial charge on any atom is -0.481 e. The fourth-order valence-corrected chi connectivity index (χ4v) is 12.2. The summed E-state index contributed by atoms with van der Waals surface area (Å²) in [5.41, 5.74) is 0. The van der Waals surface area contributed by atoms with Crippen LogP contribution in [0.2, 0.25) is 38.3 Å². The number of rotatable bonds is 18. The fraction of sp³-hybridized carbons (Fsp3) is 0.800. The number of carboxylic acids is 2. The molecule has 0 amide bonds. The maximum atomic E-state index is 11.2. The smallest absolute Gasteiger partial charge is 0.307 e. The fourth-order valence-electron chi connectivity index (χ4n) is 3.32. The maximum Gasteiger partial charge on any atom is 0.307 e. The Morgan fingerprint density at radius 2 is 1.42 bits per heavy atom. The molecule has 0 fully saturated rings. The zero-order valence-corrected chi connectivity index (χ0v) is 19.7. The van der Waals surface area contributed by atoms with Crippen molar-refractivity contribution in [2.24, 2.45) is 5.92 Å². The van der Waals surface area contributed by atoms with E-state index in [1.807, 2.05) is 0 Å². The molecule has 0 aromatic carbocycles. The first-order valence-corrected chi connectivity index (χ1v) is 15.9. The van der Waals surface area contributed by atoms with Gasteiger partial charge in [-0.05, 0) is 57.5 Å². The van der Waals surface area contributed by atoms with Gasteiger partial charge >= 0.3 is 11.9 Å². The van der Waals surface area contributed by atoms with Crippen molar-refractivity contribution in [3.63, 3.8) is 0 Å². The Hall–Kier alpha value is -1.73. The Morgan fingerprint density at radius 3 is 1.84 bits per heavy atom. The van der Waals surface area contributed by atoms with Crippen molar-refractivity contribution in [3.8, 4) is 0 Å². The van der Waals surface area contributed by atoms with Gasteiger partial charge in [-0.1, -0.05) is 21.3 Å². The first-order valence-electron chi connectivity index (χ1n) is 9.71. The molecule has 31 heavy (non-hydrogen) atoms. The summed E-state index contributed by atoms with van der Waals surface area (Å²) in [4.78, 5) is 42.8. The van der Waals surface area contributed by atoms with E-state index in [2.05, 4.69) is 30.9 Å². The lowest BCUT2D eigenvalue weighted by molar-refractivity contribution is -0.148. The summed E-state index contributed by atoms with van der Waals surface area (Å²) in [7, 11) is -4.02. The standard InChI is InChI=1S/C18H34O9Si2.2CH4/c1-28(2,9-5-7-15(18(23)24)11-17(21)22)27-29(3,4)10-6-8-16(26-14-20)12-25-13-19;;/h13-16H,5-12H2,1-4H3,(H,21,22)(H,23,24);2*1H4. The predicted molar refractivity (Wildman–Crippen MR) is 124 cm³/mol. The number of carboxylic acid groups (broad SMARTS) is 2. The van der Waals surface area contributed by atoms with E-state index in [1.165, 1.54) is 0 Å². The SMILES string of the molecule is C.C.C[Si](C)(CCCC(COC=O)OC=O)O[Si](C)(C)CCCC(CC(=O)O)C(=O)O. The van der Waals surface area contributed by atoms with Gasteiger partial charge in [0.05, 0.1) is 12.3 Å². The molecule has 9 nitrogen and oxygen atoms in total. The molecule has 0 heterocycles. The highest BCUT2D eigenvalue weighted by Gasteiger charge is 2.33. The molecule has 0 aliphatic carbocycles. The lowest BCUT2D eigenvalue weighted by Crippen LogP contribution is -2.44. The van der Waals surface area contributed by atoms with E-state index in [0.717, 1.165) is 18.5 Å². The Kier molecular flexibility index (Phi) is 18.5. The molecule has 0 saturated carbocycles. The Morgan fingerprint density at radius 1 is 0.903 bits per heavy atom. The van der Waals surface area contributed by atoms with E-state index in [4.69, 9.17) is 19.1 Å². The number of hydrogen-bond acceptors (Lipinski definition) is 7. The number of hydrogen-bond donors (Lipinski definition) is 2. The molecule has 0 bridgehead atoms. The van der Waals surface area contributed by atoms with E-state index in [-0.39, 0.29) is 27.9 Å². The van der Waals surface area contributed by atoms with Crippen LogP contribution in [0.1, 0.15) is 47.0 Å². The van der Waals surface area contributed by atoms with Gasteiger partial charge in [-0.3, -0.25) is 19.2 Å². The van der Waals surface area contributed by atoms with E-state index >= 15 is 0 Å². The van der Waals surface area contributed by atoms with Crippen LogP contribution in [-0.2, 0) is 32.8 Å². The van der Waals surface area contributed by atoms with Gasteiger partial charge in [0.1, 0.15) is 12.7 Å². The molecule has 11 heteroatoms. The zero-order valence-electron chi connectivity index (χ0n) is 17.7. The van der Waals surface area contributed by atoms with E-state index in [1.54, 1.807) is 0 Å². The molecular weight excluding hydrogens is 440 g/mol. The average Bonchev–Trinajstić information content (AvgIpc) is 2.57. The summed E-state index contributed by atoms with van der Waals surface area (Å²) in [6, 6.07) is 1.61. The largest absolute Gasteiger partial charge is 0.481 e. The summed E-state index contributed by atoms with van der Waals surface area (Å²) >= 11 is 0. The van der Waals surface area contributed by atoms with Crippen molar-refractivity contribution >= 4 is 41.5 Å². The molecule has 0 aromatic rings. The summed E-state index contributed by atoms with van der Waals surface area (Å²) in [5.74, 6) is -3.05. The van der Waals surface area contributed by atoms with Crippen molar-refractivity contribution in [3.05, 3.63) is 0 Å². The first-order chi connectivity index (χ1) is 13.4. The Balaban J connectivity index is -0.00000392. The molecule has 0 radical (unpaired) electrons. The molecule has 0 aliphatic heterocycles. The van der Waals surface area contributed by atoms with Gasteiger partial charge < -0.3 is 23.8 Å². The van der Waals surface area contributed by atoms with Crippen molar-refractivity contribution in [1.29, 1.82) is 0 Å². The highest BCUT2D eigenvalue weighted by atomic mass is 28.4. The van der Waals surface area contributed by atoms with Crippen LogP contribution in [0.25, 0.3) is 0 Å². The highest BCUT2D eigenvalue weighted by Crippen LogP contribution is 2.26. The maximum absolute atomic E-state index is 11.2. The molecular formula is C20H42O9Si2. The topological polar surface area (TPSA) is 136 Å². The molecule has 0 saturated heterocycles. The second-order valence-electron chi connectivity index (χ2n) is 8.32. The Bertz CT molecular complexity index is 539. The quantitative estimate of drug-likeness (QED) is 0.218. The van der Waals surface area contributed by atoms with Gasteiger partial charge in [0.2, 0.25) is 0 Å². The number of ether oxygens (including phenoxy) is 2. The molecule has 2 atom stereocenters. The van der Waals surface area contributed by atoms with Crippen LogP contribution in [0.4, 0.5) is 0 Å². The van der Waals surface area contributed by atoms with Crippen molar-refractivity contribution < 1.29 is 43.0 Å². The molecule has 0 aliphatic rings. The third kappa shape index (κ3) is 17.6. The second-order valence-corrected chi connectivity index (χ2v) is 17.2. The normalized spacial score (nSPS) is 13.0. The van der Waals surface area contributed by atoms with Gasteiger partial charge in [0.25, 0.3) is 12.9 Å². The minimum atomic E-state index is -2.03. The van der Waals surface area contributed by atoms with E-state index < -0.39 is 40.6 Å². The number of carbonyl (C=O) groups is 4. The Labute approximate surface area is 188 Å². The molecule has 0 rings (SSSR count). The van der Waals surface area contributed by atoms with Gasteiger partial charge in [-0.15, -0.1) is 0 Å². The van der Waals surface area contributed by atoms with Gasteiger partial charge in [-0.2, -0.15) is 0 Å². The van der Waals surface area contributed by atoms with Crippen LogP contribution in [0.15, 0.2) is 0 Å². The summed E-state index contributed by atoms with van der Waals surface area (Å²) in [6.45, 7) is 9.11. The molecule has 0 aromatic heterocycles. The van der Waals surface area contributed by atoms with E-state index in [9.17, 15) is 19.2 Å². The second kappa shape index (κ2) is 16.9. The van der Waals surface area contributed by atoms with Crippen LogP contribution < -0.4 is 0 Å². The highest BCUT2D eigenvalue weighted by molar-refractivity contribution is 6.84. The van der Waals surface area contributed by atoms with Crippen LogP contribution in [-0.4, -0.2) is 64.4 Å². The molecule has 184 valence electrons. The lowest BCUT2D eigenvalue weighted by Gasteiger charge is -2.34. The molecule has 0 spiro atoms. The third-order valence-corrected chi connectivity index (χ3v) is 12.1. The van der Waals surface area contributed by atoms with Gasteiger partial charge in [0.15, 0.2) is 16.6 Å². The first kappa shape index (κ1) is 33.9. The lowest BCUT2D eigenvalue weighted by atomic mass is 10.0. The van der Waals surface area contributed by atoms with E-state index in [0.29, 0.717) is 32.2 Å². The monoisotopic (exact) mass is 482 g/mol. The molecule has 2 unspecified atom stereocenters. The van der Waals surface area contributed by atoms with Crippen LogP contribution in [0.3, 0.4) is 0 Å². The zero-order chi connectivity index (χ0) is 22.5. The van der Waals surface area contributed by atoms with Crippen LogP contribution in [0.5, 0.6) is 0 Å². The van der Waals surface area contributed by atoms with Crippen molar-refractivity contribution in [1.82, 2.24) is 0 Å². The minimum absolute atomic E-state index is 0. The third-order valence-electron chi connectivity index (χ3n) is 4.56. The summed E-state index contributed by atoms with van der Waals surface area (Å²) in [6.07, 6.45) is 1.45. The average molecular weight is 483 g/mol. The van der Waals surface area contributed by atoms with Gasteiger partial charge in [0, 0.05) is 0 Å². The number of carbonyl (C=O) groups excluding carboxylic acids is 2. The van der Waals surface area contributed by atoms with Crippen LogP contribution >= 0.6 is 0 Å². The molecule has 2 N–H and O–H groups in total. The van der Waals surface area contributed by atoms with Gasteiger partial charge in [-0.25, -0.2) is 0 Å².